The van der Waals surface area contributed by atoms with E-state index in [1.807, 2.05) is 32.2 Å². The third kappa shape index (κ3) is 4.66. The second-order valence-electron chi connectivity index (χ2n) is 5.08. The Morgan fingerprint density at radius 1 is 1.38 bits per heavy atom. The average Bonchev–Trinajstić information content (AvgIpc) is 2.47. The van der Waals surface area contributed by atoms with Gasteiger partial charge in [-0.05, 0) is 43.5 Å². The first-order chi connectivity index (χ1) is 9.97. The third-order valence-electron chi connectivity index (χ3n) is 3.46. The normalized spacial score (nSPS) is 11.8. The fraction of sp³-hybridized carbons (Fsp3) is 0.500. The zero-order valence-electron chi connectivity index (χ0n) is 13.2. The molecule has 0 saturated carbocycles. The van der Waals surface area contributed by atoms with Crippen molar-refractivity contribution in [3.63, 3.8) is 0 Å². The number of aryl methyl sites for hydroxylation is 1. The highest BCUT2D eigenvalue weighted by Gasteiger charge is 2.23. The van der Waals surface area contributed by atoms with Gasteiger partial charge in [0.25, 0.3) is 0 Å². The molecule has 0 aliphatic heterocycles. The van der Waals surface area contributed by atoms with Crippen molar-refractivity contribution >= 4 is 10.0 Å². The molecule has 4 nitrogen and oxygen atoms in total. The highest BCUT2D eigenvalue weighted by molar-refractivity contribution is 7.89. The Hall–Kier alpha value is -1.17. The molecule has 0 spiro atoms. The summed E-state index contributed by atoms with van der Waals surface area (Å²) in [5, 5.41) is 3.05. The molecule has 0 aliphatic rings. The Bertz CT molecular complexity index is 568. The molecule has 5 heteroatoms. The molecule has 1 aromatic rings. The van der Waals surface area contributed by atoms with Crippen LogP contribution in [0.5, 0.6) is 0 Å². The van der Waals surface area contributed by atoms with E-state index in [2.05, 4.69) is 11.9 Å². The molecule has 0 heterocycles. The van der Waals surface area contributed by atoms with Crippen LogP contribution in [0, 0.1) is 0 Å². The predicted molar refractivity (Wildman–Crippen MR) is 87.8 cm³/mol. The molecule has 1 aromatic carbocycles. The van der Waals surface area contributed by atoms with Crippen LogP contribution < -0.4 is 5.32 Å². The van der Waals surface area contributed by atoms with Gasteiger partial charge in [0, 0.05) is 20.1 Å². The Labute approximate surface area is 128 Å². The summed E-state index contributed by atoms with van der Waals surface area (Å²) in [5.74, 6) is 0. The topological polar surface area (TPSA) is 49.4 Å². The summed E-state index contributed by atoms with van der Waals surface area (Å²) in [6, 6.07) is 5.68. The Morgan fingerprint density at radius 2 is 2.10 bits per heavy atom. The van der Waals surface area contributed by atoms with E-state index in [4.69, 9.17) is 0 Å². The van der Waals surface area contributed by atoms with Crippen LogP contribution in [0.2, 0.25) is 0 Å². The molecule has 118 valence electrons. The second kappa shape index (κ2) is 8.32. The molecule has 0 aromatic heterocycles. The molecule has 0 amide bonds. The fourth-order valence-corrected chi connectivity index (χ4v) is 3.74. The number of sulfonamides is 1. The van der Waals surface area contributed by atoms with Gasteiger partial charge in [0.05, 0.1) is 4.90 Å². The Morgan fingerprint density at radius 3 is 2.67 bits per heavy atom. The summed E-state index contributed by atoms with van der Waals surface area (Å²) < 4.78 is 26.9. The first kappa shape index (κ1) is 17.9. The zero-order chi connectivity index (χ0) is 15.9. The summed E-state index contributed by atoms with van der Waals surface area (Å²) in [7, 11) is 0.0602. The number of rotatable bonds is 9. The average molecular weight is 310 g/mol. The molecule has 0 unspecified atom stereocenters. The van der Waals surface area contributed by atoms with Gasteiger partial charge in [0.1, 0.15) is 0 Å². The largest absolute Gasteiger partial charge is 0.316 e. The van der Waals surface area contributed by atoms with Gasteiger partial charge in [0.2, 0.25) is 10.0 Å². The van der Waals surface area contributed by atoms with E-state index in [0.29, 0.717) is 24.4 Å². The van der Waals surface area contributed by atoms with Crippen molar-refractivity contribution in [1.82, 2.24) is 9.62 Å². The number of hydrogen-bond acceptors (Lipinski definition) is 3. The van der Waals surface area contributed by atoms with Gasteiger partial charge in [-0.1, -0.05) is 25.1 Å². The first-order valence-electron chi connectivity index (χ1n) is 7.31. The predicted octanol–water partition coefficient (Wildman–Crippen LogP) is 2.56. The number of benzene rings is 1. The molecule has 21 heavy (non-hydrogen) atoms. The SMILES string of the molecule is C=CCCCN(C)S(=O)(=O)c1cc(CNC)ccc1CC. The summed E-state index contributed by atoms with van der Waals surface area (Å²) in [4.78, 5) is 0.429. The van der Waals surface area contributed by atoms with E-state index in [1.165, 1.54) is 4.31 Å². The van der Waals surface area contributed by atoms with Crippen molar-refractivity contribution in [2.24, 2.45) is 0 Å². The lowest BCUT2D eigenvalue weighted by molar-refractivity contribution is 0.462. The number of hydrogen-bond donors (Lipinski definition) is 1. The molecule has 0 fully saturated rings. The van der Waals surface area contributed by atoms with Crippen LogP contribution in [0.4, 0.5) is 0 Å². The minimum absolute atomic E-state index is 0.429. The van der Waals surface area contributed by atoms with Crippen molar-refractivity contribution in [1.29, 1.82) is 0 Å². The lowest BCUT2D eigenvalue weighted by Crippen LogP contribution is -2.29. The minimum atomic E-state index is -3.43. The Balaban J connectivity index is 3.09. The van der Waals surface area contributed by atoms with Gasteiger partial charge in [-0.25, -0.2) is 12.7 Å². The fourth-order valence-electron chi connectivity index (χ4n) is 2.19. The monoisotopic (exact) mass is 310 g/mol. The quantitative estimate of drug-likeness (QED) is 0.563. The van der Waals surface area contributed by atoms with Crippen molar-refractivity contribution < 1.29 is 8.42 Å². The van der Waals surface area contributed by atoms with Crippen LogP contribution >= 0.6 is 0 Å². The molecule has 1 rings (SSSR count). The highest BCUT2D eigenvalue weighted by atomic mass is 32.2. The van der Waals surface area contributed by atoms with E-state index in [-0.39, 0.29) is 0 Å². The van der Waals surface area contributed by atoms with Gasteiger partial charge in [-0.3, -0.25) is 0 Å². The lowest BCUT2D eigenvalue weighted by atomic mass is 10.1. The third-order valence-corrected chi connectivity index (χ3v) is 5.40. The molecule has 0 radical (unpaired) electrons. The summed E-state index contributed by atoms with van der Waals surface area (Å²) in [5.41, 5.74) is 1.85. The van der Waals surface area contributed by atoms with Crippen LogP contribution in [0.1, 0.15) is 30.9 Å². The smallest absolute Gasteiger partial charge is 0.243 e. The molecule has 0 atom stereocenters. The van der Waals surface area contributed by atoms with Crippen LogP contribution in [0.15, 0.2) is 35.7 Å². The lowest BCUT2D eigenvalue weighted by Gasteiger charge is -2.19. The van der Waals surface area contributed by atoms with Gasteiger partial charge in [0.15, 0.2) is 0 Å². The van der Waals surface area contributed by atoms with Crippen LogP contribution in [-0.2, 0) is 23.0 Å². The van der Waals surface area contributed by atoms with Crippen LogP contribution in [-0.4, -0.2) is 33.4 Å². The van der Waals surface area contributed by atoms with E-state index < -0.39 is 10.0 Å². The molecule has 0 saturated heterocycles. The van der Waals surface area contributed by atoms with Crippen molar-refractivity contribution in [3.05, 3.63) is 42.0 Å². The summed E-state index contributed by atoms with van der Waals surface area (Å²) in [6.07, 6.45) is 4.12. The van der Waals surface area contributed by atoms with Crippen molar-refractivity contribution in [2.75, 3.05) is 20.6 Å². The van der Waals surface area contributed by atoms with E-state index in [0.717, 1.165) is 24.0 Å². The summed E-state index contributed by atoms with van der Waals surface area (Å²) in [6.45, 7) is 6.81. The highest BCUT2D eigenvalue weighted by Crippen LogP contribution is 2.22. The minimum Gasteiger partial charge on any atom is -0.316 e. The van der Waals surface area contributed by atoms with E-state index >= 15 is 0 Å². The maximum atomic E-state index is 12.7. The molecular formula is C16H26N2O2S. The van der Waals surface area contributed by atoms with Gasteiger partial charge in [-0.2, -0.15) is 0 Å². The van der Waals surface area contributed by atoms with Crippen LogP contribution in [0.25, 0.3) is 0 Å². The number of nitrogens with zero attached hydrogens (tertiary/aromatic N) is 1. The van der Waals surface area contributed by atoms with Crippen molar-refractivity contribution in [2.45, 2.75) is 37.6 Å². The van der Waals surface area contributed by atoms with Crippen molar-refractivity contribution in [3.8, 4) is 0 Å². The number of nitrogens with one attached hydrogen (secondary N) is 1. The maximum absolute atomic E-state index is 12.7. The molecule has 0 aliphatic carbocycles. The first-order valence-corrected chi connectivity index (χ1v) is 8.75. The summed E-state index contributed by atoms with van der Waals surface area (Å²) >= 11 is 0. The number of unbranched alkanes of at least 4 members (excludes halogenated alkanes) is 1. The number of allylic oxidation sites excluding steroid dienone is 1. The molecular weight excluding hydrogens is 284 g/mol. The van der Waals surface area contributed by atoms with Crippen LogP contribution in [0.3, 0.4) is 0 Å². The Kier molecular flexibility index (Phi) is 7.08. The van der Waals surface area contributed by atoms with E-state index in [1.54, 1.807) is 13.1 Å². The zero-order valence-corrected chi connectivity index (χ0v) is 14.0. The second-order valence-corrected chi connectivity index (χ2v) is 7.10. The van der Waals surface area contributed by atoms with E-state index in [9.17, 15) is 8.42 Å². The van der Waals surface area contributed by atoms with Gasteiger partial charge in [-0.15, -0.1) is 6.58 Å². The van der Waals surface area contributed by atoms with Gasteiger partial charge >= 0.3 is 0 Å². The standard InChI is InChI=1S/C16H26N2O2S/c1-5-7-8-11-18(4)21(19,20)16-12-14(13-17-3)9-10-15(16)6-2/h5,9-10,12,17H,1,6-8,11,13H2,2-4H3. The van der Waals surface area contributed by atoms with Gasteiger partial charge < -0.3 is 5.32 Å². The maximum Gasteiger partial charge on any atom is 0.243 e. The molecule has 1 N–H and O–H groups in total. The molecule has 0 bridgehead atoms.